The molecule has 1 fully saturated rings. The third kappa shape index (κ3) is 3.68. The van der Waals surface area contributed by atoms with E-state index >= 15 is 0 Å². The van der Waals surface area contributed by atoms with Gasteiger partial charge in [0.1, 0.15) is 0 Å². The molecule has 0 spiro atoms. The van der Waals surface area contributed by atoms with Crippen molar-refractivity contribution in [3.63, 3.8) is 0 Å². The molecule has 7 heteroatoms. The van der Waals surface area contributed by atoms with Crippen LogP contribution in [0.1, 0.15) is 36.1 Å². The van der Waals surface area contributed by atoms with Crippen molar-refractivity contribution in [1.82, 2.24) is 14.7 Å². The van der Waals surface area contributed by atoms with Gasteiger partial charge in [-0.15, -0.1) is 0 Å². The smallest absolute Gasteiger partial charge is 0.175 e. The maximum Gasteiger partial charge on any atom is 0.175 e. The van der Waals surface area contributed by atoms with Gasteiger partial charge in [0, 0.05) is 37.7 Å². The van der Waals surface area contributed by atoms with Crippen molar-refractivity contribution in [3.8, 4) is 0 Å². The zero-order valence-electron chi connectivity index (χ0n) is 14.0. The molecule has 6 nitrogen and oxygen atoms in total. The van der Waals surface area contributed by atoms with Crippen LogP contribution in [0.4, 0.5) is 0 Å². The number of aliphatic hydroxyl groups is 1. The average Bonchev–Trinajstić information content (AvgIpc) is 3.15. The molecule has 1 N–H and O–H groups in total. The van der Waals surface area contributed by atoms with Crippen molar-refractivity contribution in [2.45, 2.75) is 29.9 Å². The Morgan fingerprint density at radius 2 is 2.04 bits per heavy atom. The van der Waals surface area contributed by atoms with Gasteiger partial charge in [-0.1, -0.05) is 12.1 Å². The molecule has 2 aromatic rings. The summed E-state index contributed by atoms with van der Waals surface area (Å²) >= 11 is 0. The van der Waals surface area contributed by atoms with Gasteiger partial charge >= 0.3 is 0 Å². The number of aliphatic hydroxyl groups excluding tert-OH is 1. The van der Waals surface area contributed by atoms with E-state index in [2.05, 4.69) is 10.00 Å². The number of nitrogens with zero attached hydrogens (tertiary/aromatic N) is 3. The van der Waals surface area contributed by atoms with Gasteiger partial charge in [-0.2, -0.15) is 5.10 Å². The van der Waals surface area contributed by atoms with E-state index in [1.54, 1.807) is 28.9 Å². The second-order valence-corrected chi connectivity index (χ2v) is 8.47. The minimum Gasteiger partial charge on any atom is -0.387 e. The van der Waals surface area contributed by atoms with Gasteiger partial charge in [0.2, 0.25) is 0 Å². The monoisotopic (exact) mass is 349 g/mol. The van der Waals surface area contributed by atoms with E-state index < -0.39 is 15.9 Å². The fraction of sp³-hybridized carbons (Fsp3) is 0.471. The number of benzene rings is 1. The third-order valence-corrected chi connectivity index (χ3v) is 5.70. The minimum absolute atomic E-state index is 0.271. The Hall–Kier alpha value is -1.70. The standard InChI is InChI=1S/C17H23N3O3S/c1-19-11-14(10-18-19)16-4-3-9-20(16)12-17(21)13-5-7-15(8-6-13)24(2,22)23/h5-8,10-11,16-17,21H,3-4,9,12H2,1-2H3/t16-,17+/m1/s1. The summed E-state index contributed by atoms with van der Waals surface area (Å²) in [5.74, 6) is 0. The number of aromatic nitrogens is 2. The van der Waals surface area contributed by atoms with Crippen LogP contribution >= 0.6 is 0 Å². The van der Waals surface area contributed by atoms with Crippen molar-refractivity contribution in [3.05, 3.63) is 47.8 Å². The second-order valence-electron chi connectivity index (χ2n) is 6.46. The molecule has 0 aliphatic carbocycles. The zero-order chi connectivity index (χ0) is 17.3. The molecule has 3 rings (SSSR count). The molecule has 1 aliphatic heterocycles. The number of hydrogen-bond donors (Lipinski definition) is 1. The highest BCUT2D eigenvalue weighted by molar-refractivity contribution is 7.90. The van der Waals surface area contributed by atoms with Crippen LogP contribution < -0.4 is 0 Å². The number of β-amino-alcohol motifs (C(OH)–C–C–N with tert-alkyl or cyclic N) is 1. The molecule has 1 aromatic carbocycles. The summed E-state index contributed by atoms with van der Waals surface area (Å²) in [6.45, 7) is 1.47. The van der Waals surface area contributed by atoms with Crippen LogP contribution in [0.25, 0.3) is 0 Å². The number of rotatable bonds is 5. The van der Waals surface area contributed by atoms with E-state index in [1.165, 1.54) is 11.8 Å². The first-order chi connectivity index (χ1) is 11.3. The lowest BCUT2D eigenvalue weighted by Gasteiger charge is -2.26. The van der Waals surface area contributed by atoms with Gasteiger partial charge in [0.05, 0.1) is 17.2 Å². The predicted octanol–water partition coefficient (Wildman–Crippen LogP) is 1.69. The lowest BCUT2D eigenvalue weighted by molar-refractivity contribution is 0.106. The van der Waals surface area contributed by atoms with Crippen LogP contribution in [0.3, 0.4) is 0 Å². The van der Waals surface area contributed by atoms with E-state index in [0.29, 0.717) is 6.54 Å². The first kappa shape index (κ1) is 17.1. The molecule has 2 atom stereocenters. The van der Waals surface area contributed by atoms with Crippen molar-refractivity contribution < 1.29 is 13.5 Å². The van der Waals surface area contributed by atoms with Crippen LogP contribution in [0, 0.1) is 0 Å². The van der Waals surface area contributed by atoms with Gasteiger partial charge in [0.15, 0.2) is 9.84 Å². The Morgan fingerprint density at radius 1 is 1.33 bits per heavy atom. The van der Waals surface area contributed by atoms with Gasteiger partial charge in [-0.3, -0.25) is 9.58 Å². The third-order valence-electron chi connectivity index (χ3n) is 4.57. The van der Waals surface area contributed by atoms with E-state index in [4.69, 9.17) is 0 Å². The lowest BCUT2D eigenvalue weighted by atomic mass is 10.1. The van der Waals surface area contributed by atoms with Gasteiger partial charge in [-0.05, 0) is 37.1 Å². The zero-order valence-corrected chi connectivity index (χ0v) is 14.8. The van der Waals surface area contributed by atoms with Crippen LogP contribution in [0.2, 0.25) is 0 Å². The van der Waals surface area contributed by atoms with E-state index in [-0.39, 0.29) is 10.9 Å². The van der Waals surface area contributed by atoms with Crippen LogP contribution in [0.5, 0.6) is 0 Å². The highest BCUT2D eigenvalue weighted by atomic mass is 32.2. The molecule has 2 heterocycles. The molecule has 0 unspecified atom stereocenters. The van der Waals surface area contributed by atoms with Crippen LogP contribution in [-0.2, 0) is 16.9 Å². The average molecular weight is 349 g/mol. The maximum absolute atomic E-state index is 11.5. The lowest BCUT2D eigenvalue weighted by Crippen LogP contribution is -2.28. The predicted molar refractivity (Wildman–Crippen MR) is 91.3 cm³/mol. The van der Waals surface area contributed by atoms with Crippen LogP contribution in [0.15, 0.2) is 41.6 Å². The van der Waals surface area contributed by atoms with E-state index in [1.807, 2.05) is 19.4 Å². The Morgan fingerprint density at radius 3 is 2.62 bits per heavy atom. The fourth-order valence-corrected chi connectivity index (χ4v) is 3.93. The molecular weight excluding hydrogens is 326 g/mol. The largest absolute Gasteiger partial charge is 0.387 e. The molecule has 1 aliphatic rings. The molecule has 130 valence electrons. The number of likely N-dealkylation sites (tertiary alicyclic amines) is 1. The molecular formula is C17H23N3O3S. The summed E-state index contributed by atoms with van der Waals surface area (Å²) in [7, 11) is -1.31. The topological polar surface area (TPSA) is 75.4 Å². The summed E-state index contributed by atoms with van der Waals surface area (Å²) < 4.78 is 24.8. The second kappa shape index (κ2) is 6.66. The van der Waals surface area contributed by atoms with Gasteiger partial charge < -0.3 is 5.11 Å². The van der Waals surface area contributed by atoms with Crippen molar-refractivity contribution in [2.75, 3.05) is 19.3 Å². The SMILES string of the molecule is Cn1cc([C@H]2CCCN2C[C@H](O)c2ccc(S(C)(=O)=O)cc2)cn1. The van der Waals surface area contributed by atoms with Crippen molar-refractivity contribution in [2.24, 2.45) is 7.05 Å². The maximum atomic E-state index is 11.5. The summed E-state index contributed by atoms with van der Waals surface area (Å²) in [6.07, 6.45) is 6.61. The molecule has 0 saturated carbocycles. The Kier molecular flexibility index (Phi) is 4.76. The summed E-state index contributed by atoms with van der Waals surface area (Å²) in [6, 6.07) is 6.77. The van der Waals surface area contributed by atoms with Crippen molar-refractivity contribution in [1.29, 1.82) is 0 Å². The molecule has 1 aromatic heterocycles. The van der Waals surface area contributed by atoms with Crippen molar-refractivity contribution >= 4 is 9.84 Å². The Labute approximate surface area is 142 Å². The molecule has 0 amide bonds. The molecule has 0 radical (unpaired) electrons. The van der Waals surface area contributed by atoms with E-state index in [9.17, 15) is 13.5 Å². The number of sulfone groups is 1. The summed E-state index contributed by atoms with van der Waals surface area (Å²) in [5, 5.41) is 14.8. The highest BCUT2D eigenvalue weighted by Gasteiger charge is 2.28. The van der Waals surface area contributed by atoms with E-state index in [0.717, 1.165) is 24.9 Å². The molecule has 1 saturated heterocycles. The minimum atomic E-state index is -3.21. The molecule has 0 bridgehead atoms. The first-order valence-corrected chi connectivity index (χ1v) is 9.94. The fourth-order valence-electron chi connectivity index (χ4n) is 3.30. The summed E-state index contributed by atoms with van der Waals surface area (Å²) in [4.78, 5) is 2.54. The summed E-state index contributed by atoms with van der Waals surface area (Å²) in [5.41, 5.74) is 1.91. The highest BCUT2D eigenvalue weighted by Crippen LogP contribution is 2.33. The Balaban J connectivity index is 1.70. The quantitative estimate of drug-likeness (QED) is 0.889. The first-order valence-electron chi connectivity index (χ1n) is 8.05. The van der Waals surface area contributed by atoms with Gasteiger partial charge in [-0.25, -0.2) is 8.42 Å². The molecule has 24 heavy (non-hydrogen) atoms. The van der Waals surface area contributed by atoms with Gasteiger partial charge in [0.25, 0.3) is 0 Å². The normalized spacial score (nSPS) is 20.4. The van der Waals surface area contributed by atoms with Crippen LogP contribution in [-0.4, -0.2) is 47.6 Å². The number of aryl methyl sites for hydroxylation is 1. The number of hydrogen-bond acceptors (Lipinski definition) is 5. The Bertz CT molecular complexity index is 799.